The number of carbonyl (C=O) groups excluding carboxylic acids is 1. The molecule has 20 heavy (non-hydrogen) atoms. The van der Waals surface area contributed by atoms with Gasteiger partial charge in [0.25, 0.3) is 0 Å². The summed E-state index contributed by atoms with van der Waals surface area (Å²) in [6.45, 7) is 2.91. The van der Waals surface area contributed by atoms with Crippen molar-refractivity contribution >= 4 is 29.2 Å². The summed E-state index contributed by atoms with van der Waals surface area (Å²) in [7, 11) is 0. The van der Waals surface area contributed by atoms with Gasteiger partial charge in [-0.05, 0) is 38.1 Å². The first-order valence-electron chi connectivity index (χ1n) is 6.40. The Hall–Kier alpha value is -1.59. The van der Waals surface area contributed by atoms with Crippen molar-refractivity contribution in [2.45, 2.75) is 13.3 Å². The van der Waals surface area contributed by atoms with E-state index in [1.165, 1.54) is 0 Å². The van der Waals surface area contributed by atoms with Crippen LogP contribution >= 0.6 is 11.6 Å². The van der Waals surface area contributed by atoms with Crippen molar-refractivity contribution in [1.29, 1.82) is 0 Å². The van der Waals surface area contributed by atoms with Gasteiger partial charge in [-0.2, -0.15) is 0 Å². The Morgan fingerprint density at radius 3 is 2.85 bits per heavy atom. The monoisotopic (exact) mass is 296 g/mol. The van der Waals surface area contributed by atoms with E-state index in [1.54, 1.807) is 31.2 Å². The van der Waals surface area contributed by atoms with Crippen LogP contribution in [-0.4, -0.2) is 41.5 Å². The number of rotatable bonds is 4. The van der Waals surface area contributed by atoms with Crippen molar-refractivity contribution in [3.63, 3.8) is 0 Å². The molecule has 108 valence electrons. The Morgan fingerprint density at radius 1 is 1.50 bits per heavy atom. The first-order chi connectivity index (χ1) is 9.39. The van der Waals surface area contributed by atoms with Crippen molar-refractivity contribution in [3.05, 3.63) is 29.3 Å². The first kappa shape index (κ1) is 14.8. The molecule has 2 N–H and O–H groups in total. The number of hydrogen-bond donors (Lipinski definition) is 2. The van der Waals surface area contributed by atoms with Crippen LogP contribution in [-0.2, 0) is 9.59 Å². The third-order valence-corrected chi connectivity index (χ3v) is 3.78. The predicted molar refractivity (Wildman–Crippen MR) is 76.9 cm³/mol. The van der Waals surface area contributed by atoms with E-state index in [0.29, 0.717) is 30.2 Å². The second kappa shape index (κ2) is 5.81. The minimum absolute atomic E-state index is 0.165. The van der Waals surface area contributed by atoms with Gasteiger partial charge < -0.3 is 10.4 Å². The third-order valence-electron chi connectivity index (χ3n) is 3.54. The second-order valence-corrected chi connectivity index (χ2v) is 5.82. The number of nitrogens with one attached hydrogen (secondary N) is 1. The summed E-state index contributed by atoms with van der Waals surface area (Å²) in [5, 5.41) is 12.5. The average molecular weight is 297 g/mol. The number of amides is 1. The minimum atomic E-state index is -0.810. The van der Waals surface area contributed by atoms with Crippen LogP contribution in [0.1, 0.15) is 13.3 Å². The fraction of sp³-hybridized carbons (Fsp3) is 0.429. The lowest BCUT2D eigenvalue weighted by Crippen LogP contribution is -2.35. The summed E-state index contributed by atoms with van der Waals surface area (Å²) in [6, 6.07) is 6.92. The largest absolute Gasteiger partial charge is 0.481 e. The molecular weight excluding hydrogens is 280 g/mol. The number of anilines is 1. The Bertz CT molecular complexity index is 535. The van der Waals surface area contributed by atoms with E-state index in [9.17, 15) is 9.59 Å². The molecule has 1 amide bonds. The van der Waals surface area contributed by atoms with E-state index in [2.05, 4.69) is 5.32 Å². The quantitative estimate of drug-likeness (QED) is 0.892. The van der Waals surface area contributed by atoms with Gasteiger partial charge in [0.1, 0.15) is 0 Å². The molecule has 1 aliphatic rings. The zero-order valence-electron chi connectivity index (χ0n) is 11.2. The van der Waals surface area contributed by atoms with Crippen molar-refractivity contribution in [2.75, 3.05) is 25.0 Å². The lowest BCUT2D eigenvalue weighted by Gasteiger charge is -2.19. The second-order valence-electron chi connectivity index (χ2n) is 5.38. The molecule has 1 heterocycles. The molecule has 1 aromatic rings. The lowest BCUT2D eigenvalue weighted by molar-refractivity contribution is -0.147. The molecule has 6 heteroatoms. The number of halogens is 1. The first-order valence-corrected chi connectivity index (χ1v) is 6.78. The van der Waals surface area contributed by atoms with Crippen LogP contribution in [0.5, 0.6) is 0 Å². The molecule has 1 fully saturated rings. The van der Waals surface area contributed by atoms with Gasteiger partial charge in [0.15, 0.2) is 0 Å². The Morgan fingerprint density at radius 2 is 2.25 bits per heavy atom. The molecule has 0 radical (unpaired) electrons. The smallest absolute Gasteiger partial charge is 0.310 e. The Labute approximate surface area is 122 Å². The third kappa shape index (κ3) is 3.49. The van der Waals surface area contributed by atoms with Crippen LogP contribution in [0.15, 0.2) is 24.3 Å². The molecule has 0 aliphatic carbocycles. The number of aliphatic carboxylic acids is 1. The summed E-state index contributed by atoms with van der Waals surface area (Å²) in [5.74, 6) is -0.975. The van der Waals surface area contributed by atoms with Gasteiger partial charge in [-0.25, -0.2) is 0 Å². The molecule has 1 saturated heterocycles. The fourth-order valence-corrected chi connectivity index (χ4v) is 2.53. The van der Waals surface area contributed by atoms with Gasteiger partial charge in [-0.1, -0.05) is 17.7 Å². The molecule has 0 aromatic heterocycles. The highest BCUT2D eigenvalue weighted by Crippen LogP contribution is 2.29. The molecule has 2 rings (SSSR count). The van der Waals surface area contributed by atoms with E-state index < -0.39 is 11.4 Å². The number of benzene rings is 1. The standard InChI is InChI=1S/C14H17ClN2O3/c1-14(13(19)20)5-6-17(9-14)8-12(18)16-11-4-2-3-10(15)7-11/h2-4,7H,5-6,8-9H2,1H3,(H,16,18)(H,19,20). The molecule has 0 bridgehead atoms. The molecule has 0 spiro atoms. The minimum Gasteiger partial charge on any atom is -0.481 e. The van der Waals surface area contributed by atoms with Crippen LogP contribution in [0.25, 0.3) is 0 Å². The van der Waals surface area contributed by atoms with Crippen molar-refractivity contribution in [2.24, 2.45) is 5.41 Å². The van der Waals surface area contributed by atoms with E-state index in [-0.39, 0.29) is 12.5 Å². The molecule has 1 atom stereocenters. The van der Waals surface area contributed by atoms with Gasteiger partial charge >= 0.3 is 5.97 Å². The van der Waals surface area contributed by atoms with Gasteiger partial charge in [-0.15, -0.1) is 0 Å². The highest BCUT2D eigenvalue weighted by Gasteiger charge is 2.40. The SMILES string of the molecule is CC1(C(=O)O)CCN(CC(=O)Nc2cccc(Cl)c2)C1. The van der Waals surface area contributed by atoms with Crippen LogP contribution in [0.4, 0.5) is 5.69 Å². The van der Waals surface area contributed by atoms with Crippen LogP contribution < -0.4 is 5.32 Å². The van der Waals surface area contributed by atoms with E-state index in [4.69, 9.17) is 16.7 Å². The molecule has 1 aliphatic heterocycles. The molecule has 1 aromatic carbocycles. The zero-order valence-corrected chi connectivity index (χ0v) is 12.0. The van der Waals surface area contributed by atoms with E-state index >= 15 is 0 Å². The Kier molecular flexibility index (Phi) is 4.30. The number of carboxylic acids is 1. The summed E-state index contributed by atoms with van der Waals surface area (Å²) in [5.41, 5.74) is -0.112. The molecule has 1 unspecified atom stereocenters. The number of likely N-dealkylation sites (tertiary alicyclic amines) is 1. The van der Waals surface area contributed by atoms with Crippen molar-refractivity contribution in [1.82, 2.24) is 4.90 Å². The number of nitrogens with zero attached hydrogens (tertiary/aromatic N) is 1. The topological polar surface area (TPSA) is 69.6 Å². The summed E-state index contributed by atoms with van der Waals surface area (Å²) in [6.07, 6.45) is 0.562. The van der Waals surface area contributed by atoms with Gasteiger partial charge in [0.05, 0.1) is 12.0 Å². The van der Waals surface area contributed by atoms with Crippen molar-refractivity contribution in [3.8, 4) is 0 Å². The fourth-order valence-electron chi connectivity index (χ4n) is 2.34. The molecular formula is C14H17ClN2O3. The van der Waals surface area contributed by atoms with Crippen LogP contribution in [0.2, 0.25) is 5.02 Å². The van der Waals surface area contributed by atoms with Gasteiger partial charge in [0.2, 0.25) is 5.91 Å². The Balaban J connectivity index is 1.89. The number of carbonyl (C=O) groups is 2. The molecule has 0 saturated carbocycles. The summed E-state index contributed by atoms with van der Waals surface area (Å²) in [4.78, 5) is 24.9. The van der Waals surface area contributed by atoms with Gasteiger partial charge in [-0.3, -0.25) is 14.5 Å². The highest BCUT2D eigenvalue weighted by molar-refractivity contribution is 6.30. The van der Waals surface area contributed by atoms with Gasteiger partial charge in [0, 0.05) is 17.3 Å². The maximum atomic E-state index is 11.9. The highest BCUT2D eigenvalue weighted by atomic mass is 35.5. The summed E-state index contributed by atoms with van der Waals surface area (Å²) >= 11 is 5.84. The number of hydrogen-bond acceptors (Lipinski definition) is 3. The van der Waals surface area contributed by atoms with E-state index in [1.807, 2.05) is 4.90 Å². The molecule has 5 nitrogen and oxygen atoms in total. The maximum absolute atomic E-state index is 11.9. The zero-order chi connectivity index (χ0) is 14.8. The predicted octanol–water partition coefficient (Wildman–Crippen LogP) is 2.08. The van der Waals surface area contributed by atoms with Crippen LogP contribution in [0, 0.1) is 5.41 Å². The lowest BCUT2D eigenvalue weighted by atomic mass is 9.90. The normalized spacial score (nSPS) is 22.7. The van der Waals surface area contributed by atoms with E-state index in [0.717, 1.165) is 0 Å². The number of carboxylic acid groups (broad SMARTS) is 1. The van der Waals surface area contributed by atoms with Crippen molar-refractivity contribution < 1.29 is 14.7 Å². The van der Waals surface area contributed by atoms with Crippen LogP contribution in [0.3, 0.4) is 0 Å². The summed E-state index contributed by atoms with van der Waals surface area (Å²) < 4.78 is 0. The average Bonchev–Trinajstić information content (AvgIpc) is 2.72. The maximum Gasteiger partial charge on any atom is 0.310 e.